The molecule has 1 fully saturated rings. The van der Waals surface area contributed by atoms with Crippen LogP contribution < -0.4 is 5.32 Å². The second-order valence-electron chi connectivity index (χ2n) is 5.63. The number of benzene rings is 1. The van der Waals surface area contributed by atoms with Crippen LogP contribution in [0.2, 0.25) is 5.02 Å². The van der Waals surface area contributed by atoms with Gasteiger partial charge in [0.15, 0.2) is 0 Å². The van der Waals surface area contributed by atoms with Crippen LogP contribution in [-0.2, 0) is 0 Å². The second kappa shape index (κ2) is 7.10. The Labute approximate surface area is 130 Å². The van der Waals surface area contributed by atoms with Gasteiger partial charge in [-0.05, 0) is 55.5 Å². The maximum absolute atomic E-state index is 6.16. The van der Waals surface area contributed by atoms with Gasteiger partial charge in [-0.2, -0.15) is 0 Å². The van der Waals surface area contributed by atoms with Crippen molar-refractivity contribution in [1.82, 2.24) is 5.32 Å². The molecule has 106 valence electrons. The van der Waals surface area contributed by atoms with E-state index in [1.54, 1.807) is 0 Å². The standard InChI is InChI=1S/C16H23BrClN/c1-3-11-5-4-6-12(9-11)16(19-2)14-10-13(18)7-8-15(14)17/h7-8,10-12,16,19H,3-6,9H2,1-2H3. The lowest BCUT2D eigenvalue weighted by Crippen LogP contribution is -2.29. The highest BCUT2D eigenvalue weighted by Gasteiger charge is 2.28. The first-order valence-electron chi connectivity index (χ1n) is 7.28. The number of halogens is 2. The van der Waals surface area contributed by atoms with E-state index in [2.05, 4.69) is 47.4 Å². The third-order valence-corrected chi connectivity index (χ3v) is 5.43. The summed E-state index contributed by atoms with van der Waals surface area (Å²) in [6.07, 6.45) is 6.73. The molecule has 19 heavy (non-hydrogen) atoms. The number of nitrogens with one attached hydrogen (secondary N) is 1. The Bertz CT molecular complexity index is 421. The van der Waals surface area contributed by atoms with Crippen LogP contribution in [0.3, 0.4) is 0 Å². The predicted octanol–water partition coefficient (Wildman–Crippen LogP) is 5.58. The van der Waals surface area contributed by atoms with Gasteiger partial charge in [0.1, 0.15) is 0 Å². The molecule has 3 heteroatoms. The van der Waals surface area contributed by atoms with Gasteiger partial charge in [-0.25, -0.2) is 0 Å². The molecule has 3 atom stereocenters. The highest BCUT2D eigenvalue weighted by Crippen LogP contribution is 2.40. The largest absolute Gasteiger partial charge is 0.313 e. The van der Waals surface area contributed by atoms with Crippen LogP contribution in [-0.4, -0.2) is 7.05 Å². The van der Waals surface area contributed by atoms with Crippen molar-refractivity contribution in [2.45, 2.75) is 45.1 Å². The summed E-state index contributed by atoms with van der Waals surface area (Å²) in [6, 6.07) is 6.50. The zero-order chi connectivity index (χ0) is 13.8. The minimum Gasteiger partial charge on any atom is -0.313 e. The van der Waals surface area contributed by atoms with Gasteiger partial charge in [0.05, 0.1) is 0 Å². The minimum atomic E-state index is 0.405. The van der Waals surface area contributed by atoms with Gasteiger partial charge in [0.2, 0.25) is 0 Å². The normalized spacial score (nSPS) is 25.3. The first kappa shape index (κ1) is 15.3. The fourth-order valence-corrected chi connectivity index (χ4v) is 4.08. The summed E-state index contributed by atoms with van der Waals surface area (Å²) in [4.78, 5) is 0. The van der Waals surface area contributed by atoms with Crippen molar-refractivity contribution >= 4 is 27.5 Å². The number of rotatable bonds is 4. The molecule has 2 rings (SSSR count). The lowest BCUT2D eigenvalue weighted by atomic mass is 9.75. The number of hydrogen-bond acceptors (Lipinski definition) is 1. The quantitative estimate of drug-likeness (QED) is 0.752. The molecule has 0 amide bonds. The average molecular weight is 345 g/mol. The SMILES string of the molecule is CCC1CCCC(C(NC)c2cc(Cl)ccc2Br)C1. The lowest BCUT2D eigenvalue weighted by Gasteiger charge is -2.35. The Morgan fingerprint density at radius 2 is 2.21 bits per heavy atom. The van der Waals surface area contributed by atoms with Gasteiger partial charge in [0.25, 0.3) is 0 Å². The van der Waals surface area contributed by atoms with Gasteiger partial charge < -0.3 is 5.32 Å². The molecule has 1 N–H and O–H groups in total. The molecule has 1 aliphatic carbocycles. The minimum absolute atomic E-state index is 0.405. The highest BCUT2D eigenvalue weighted by molar-refractivity contribution is 9.10. The van der Waals surface area contributed by atoms with Crippen LogP contribution in [0.25, 0.3) is 0 Å². The van der Waals surface area contributed by atoms with Crippen molar-refractivity contribution in [3.8, 4) is 0 Å². The first-order valence-corrected chi connectivity index (χ1v) is 8.45. The zero-order valence-corrected chi connectivity index (χ0v) is 14.1. The summed E-state index contributed by atoms with van der Waals surface area (Å²) >= 11 is 9.84. The monoisotopic (exact) mass is 343 g/mol. The second-order valence-corrected chi connectivity index (χ2v) is 6.92. The Hall–Kier alpha value is -0.0500. The van der Waals surface area contributed by atoms with Gasteiger partial charge >= 0.3 is 0 Å². The smallest absolute Gasteiger partial charge is 0.0410 e. The van der Waals surface area contributed by atoms with Crippen LogP contribution in [0.4, 0.5) is 0 Å². The lowest BCUT2D eigenvalue weighted by molar-refractivity contribution is 0.214. The maximum Gasteiger partial charge on any atom is 0.0410 e. The van der Waals surface area contributed by atoms with Crippen molar-refractivity contribution < 1.29 is 0 Å². The molecule has 0 saturated heterocycles. The summed E-state index contributed by atoms with van der Waals surface area (Å²) in [5.74, 6) is 1.62. The molecule has 1 aliphatic rings. The molecule has 0 bridgehead atoms. The predicted molar refractivity (Wildman–Crippen MR) is 86.7 cm³/mol. The van der Waals surface area contributed by atoms with E-state index in [-0.39, 0.29) is 0 Å². The molecule has 0 radical (unpaired) electrons. The van der Waals surface area contributed by atoms with Crippen molar-refractivity contribution in [2.24, 2.45) is 11.8 Å². The summed E-state index contributed by atoms with van der Waals surface area (Å²) < 4.78 is 1.16. The third kappa shape index (κ3) is 3.74. The fourth-order valence-electron chi connectivity index (χ4n) is 3.40. The molecule has 3 unspecified atom stereocenters. The van der Waals surface area contributed by atoms with Crippen LogP contribution >= 0.6 is 27.5 Å². The molecular formula is C16H23BrClN. The molecule has 1 aromatic rings. The van der Waals surface area contributed by atoms with Crippen molar-refractivity contribution in [1.29, 1.82) is 0 Å². The molecular weight excluding hydrogens is 322 g/mol. The van der Waals surface area contributed by atoms with E-state index in [1.165, 1.54) is 37.7 Å². The van der Waals surface area contributed by atoms with Crippen LogP contribution in [0.15, 0.2) is 22.7 Å². The maximum atomic E-state index is 6.16. The van der Waals surface area contributed by atoms with Crippen molar-refractivity contribution in [2.75, 3.05) is 7.05 Å². The zero-order valence-electron chi connectivity index (χ0n) is 11.8. The van der Waals surface area contributed by atoms with E-state index in [0.29, 0.717) is 6.04 Å². The molecule has 0 aliphatic heterocycles. The van der Waals surface area contributed by atoms with Gasteiger partial charge in [-0.15, -0.1) is 0 Å². The van der Waals surface area contributed by atoms with E-state index in [0.717, 1.165) is 21.3 Å². The van der Waals surface area contributed by atoms with Crippen molar-refractivity contribution in [3.05, 3.63) is 33.3 Å². The molecule has 1 aromatic carbocycles. The van der Waals surface area contributed by atoms with Gasteiger partial charge in [-0.1, -0.05) is 53.7 Å². The Morgan fingerprint density at radius 1 is 1.42 bits per heavy atom. The molecule has 0 aromatic heterocycles. The highest BCUT2D eigenvalue weighted by atomic mass is 79.9. The van der Waals surface area contributed by atoms with Crippen LogP contribution in [0, 0.1) is 11.8 Å². The Kier molecular flexibility index (Phi) is 5.73. The van der Waals surface area contributed by atoms with Gasteiger partial charge in [0, 0.05) is 15.5 Å². The third-order valence-electron chi connectivity index (χ3n) is 4.48. The Balaban J connectivity index is 2.21. The van der Waals surface area contributed by atoms with Crippen LogP contribution in [0.1, 0.15) is 50.6 Å². The number of hydrogen-bond donors (Lipinski definition) is 1. The van der Waals surface area contributed by atoms with E-state index in [9.17, 15) is 0 Å². The van der Waals surface area contributed by atoms with E-state index in [1.807, 2.05) is 6.07 Å². The van der Waals surface area contributed by atoms with Crippen molar-refractivity contribution in [3.63, 3.8) is 0 Å². The van der Waals surface area contributed by atoms with Gasteiger partial charge in [-0.3, -0.25) is 0 Å². The molecule has 0 heterocycles. The van der Waals surface area contributed by atoms with E-state index >= 15 is 0 Å². The van der Waals surface area contributed by atoms with E-state index < -0.39 is 0 Å². The summed E-state index contributed by atoms with van der Waals surface area (Å²) in [5.41, 5.74) is 1.30. The topological polar surface area (TPSA) is 12.0 Å². The average Bonchev–Trinajstić information content (AvgIpc) is 2.44. The fraction of sp³-hybridized carbons (Fsp3) is 0.625. The molecule has 1 saturated carbocycles. The van der Waals surface area contributed by atoms with E-state index in [4.69, 9.17) is 11.6 Å². The summed E-state index contributed by atoms with van der Waals surface area (Å²) in [5, 5.41) is 4.33. The molecule has 0 spiro atoms. The summed E-state index contributed by atoms with van der Waals surface area (Å²) in [7, 11) is 2.06. The Morgan fingerprint density at radius 3 is 2.89 bits per heavy atom. The first-order chi connectivity index (χ1) is 9.15. The summed E-state index contributed by atoms with van der Waals surface area (Å²) in [6.45, 7) is 2.32. The van der Waals surface area contributed by atoms with Crippen LogP contribution in [0.5, 0.6) is 0 Å². The molecule has 1 nitrogen and oxygen atoms in total.